The van der Waals surface area contributed by atoms with E-state index in [1.165, 1.54) is 25.3 Å². The van der Waals surface area contributed by atoms with Crippen LogP contribution in [0.15, 0.2) is 59.2 Å². The summed E-state index contributed by atoms with van der Waals surface area (Å²) in [6.45, 7) is 13.2. The number of nitrogens with one attached hydrogen (secondary N) is 3. The number of piperazine rings is 1. The van der Waals surface area contributed by atoms with Crippen molar-refractivity contribution in [2.24, 2.45) is 22.2 Å². The molecule has 0 aliphatic carbocycles. The highest BCUT2D eigenvalue weighted by Crippen LogP contribution is 2.33. The number of carbonyl (C=O) groups is 4. The fourth-order valence-electron chi connectivity index (χ4n) is 7.19. The molecule has 2 aromatic carbocycles. The number of carbonyl (C=O) groups excluding carboxylic acids is 4. The van der Waals surface area contributed by atoms with Gasteiger partial charge in [-0.3, -0.25) is 39.5 Å². The van der Waals surface area contributed by atoms with E-state index in [2.05, 4.69) is 35.9 Å². The van der Waals surface area contributed by atoms with Crippen LogP contribution in [0.3, 0.4) is 0 Å². The van der Waals surface area contributed by atoms with Gasteiger partial charge >= 0.3 is 0 Å². The molecule has 9 N–H and O–H groups in total. The lowest BCUT2D eigenvalue weighted by Crippen LogP contribution is -2.43. The molecule has 0 radical (unpaired) electrons. The van der Waals surface area contributed by atoms with Crippen LogP contribution in [0.5, 0.6) is 11.5 Å². The zero-order valence-electron chi connectivity index (χ0n) is 35.7. The number of hydrogen-bond acceptors (Lipinski definition) is 13. The van der Waals surface area contributed by atoms with Gasteiger partial charge in [0.15, 0.2) is 0 Å². The minimum absolute atomic E-state index is 0.103. The number of ether oxygens (including phenoxy) is 2. The van der Waals surface area contributed by atoms with E-state index in [1.807, 2.05) is 26.0 Å². The Labute approximate surface area is 358 Å². The summed E-state index contributed by atoms with van der Waals surface area (Å²) in [5.41, 5.74) is 20.9. The number of fused-ring (bicyclic) bond motifs is 2. The van der Waals surface area contributed by atoms with Gasteiger partial charge in [-0.1, -0.05) is 12.2 Å². The van der Waals surface area contributed by atoms with Crippen LogP contribution in [0.4, 0.5) is 11.9 Å². The zero-order chi connectivity index (χ0) is 44.5. The Kier molecular flexibility index (Phi) is 14.4. The molecule has 20 nitrogen and oxygen atoms in total. The number of aliphatic imine (C=N–C) groups is 1. The maximum atomic E-state index is 13.8. The third kappa shape index (κ3) is 10.3. The summed E-state index contributed by atoms with van der Waals surface area (Å²) < 4.78 is 17.2. The number of methoxy groups -OCH3 is 1. The van der Waals surface area contributed by atoms with Crippen LogP contribution in [0.2, 0.25) is 0 Å². The average Bonchev–Trinajstić information content (AvgIpc) is 3.92. The molecule has 1 aliphatic rings. The van der Waals surface area contributed by atoms with Crippen molar-refractivity contribution in [2.75, 3.05) is 63.6 Å². The fraction of sp³-hybridized carbons (Fsp3) is 0.381. The monoisotopic (exact) mass is 850 g/mol. The van der Waals surface area contributed by atoms with E-state index in [0.717, 1.165) is 39.1 Å². The summed E-state index contributed by atoms with van der Waals surface area (Å²) in [6, 6.07) is 7.88. The van der Waals surface area contributed by atoms with E-state index in [9.17, 15) is 19.2 Å². The van der Waals surface area contributed by atoms with Crippen molar-refractivity contribution in [3.8, 4) is 11.5 Å². The lowest BCUT2D eigenvalue weighted by Gasteiger charge is -2.27. The van der Waals surface area contributed by atoms with Crippen LogP contribution in [-0.4, -0.2) is 116 Å². The largest absolute Gasteiger partial charge is 0.494 e. The SMILES string of the molecule is CCN=C(/C=C(/C)N)C(=O)Nc1nc2cc(C(N)=O)cc(OC)c2n1C/C=C/Cn1c(NC(=O)c2cc(C)nn2CC)nc2cc(C(N)=O)cc(OCCCN3CCNCC3)c21. The van der Waals surface area contributed by atoms with E-state index in [0.29, 0.717) is 70.3 Å². The fourth-order valence-corrected chi connectivity index (χ4v) is 7.19. The van der Waals surface area contributed by atoms with Gasteiger partial charge in [0.25, 0.3) is 11.8 Å². The van der Waals surface area contributed by atoms with Crippen molar-refractivity contribution in [1.82, 2.24) is 39.1 Å². The van der Waals surface area contributed by atoms with Gasteiger partial charge in [0, 0.05) is 75.7 Å². The van der Waals surface area contributed by atoms with Gasteiger partial charge in [-0.15, -0.1) is 0 Å². The molecule has 1 fully saturated rings. The van der Waals surface area contributed by atoms with Crippen LogP contribution in [-0.2, 0) is 24.4 Å². The van der Waals surface area contributed by atoms with Crippen LogP contribution in [0, 0.1) is 6.92 Å². The number of nitrogens with zero attached hydrogens (tertiary/aromatic N) is 8. The minimum atomic E-state index is -0.679. The first kappa shape index (κ1) is 44.5. The third-order valence-corrected chi connectivity index (χ3v) is 10.0. The van der Waals surface area contributed by atoms with E-state index in [4.69, 9.17) is 31.7 Å². The standard InChI is InChI=1S/C42H54N14O6/c1-6-47-31(19-25(3)43)39(59)50-41-48-29-21-27(37(44)57)23-33(61-5)35(29)54(41)14-8-9-15-55-36-30(49-42(55)51-40(60)32-20-26(4)52-56(32)7-2)22-28(38(45)58)24-34(36)62-18-10-13-53-16-11-46-12-17-53/h8-9,19-24,46H,6-7,10-18,43H2,1-5H3,(H2,44,57)(H2,45,58)(H,48,50,59)(H,49,51,60)/b9-8+,25-19-,47-31?. The van der Waals surface area contributed by atoms with Gasteiger partial charge in [-0.25, -0.2) is 9.97 Å². The molecule has 5 aromatic rings. The molecule has 20 heteroatoms. The molecule has 0 atom stereocenters. The van der Waals surface area contributed by atoms with Gasteiger partial charge in [0.05, 0.1) is 30.4 Å². The number of rotatable bonds is 19. The minimum Gasteiger partial charge on any atom is -0.494 e. The van der Waals surface area contributed by atoms with E-state index >= 15 is 0 Å². The number of imidazole rings is 2. The first-order chi connectivity index (χ1) is 29.8. The number of benzene rings is 2. The number of nitrogens with two attached hydrogens (primary N) is 3. The van der Waals surface area contributed by atoms with Gasteiger partial charge in [0.2, 0.25) is 23.7 Å². The number of primary amides is 2. The molecule has 0 bridgehead atoms. The number of anilines is 2. The quantitative estimate of drug-likeness (QED) is 0.0398. The molecular formula is C42H54N14O6. The number of aromatic nitrogens is 6. The van der Waals surface area contributed by atoms with Crippen LogP contribution >= 0.6 is 0 Å². The zero-order valence-corrected chi connectivity index (χ0v) is 35.7. The second-order valence-electron chi connectivity index (χ2n) is 14.6. The lowest BCUT2D eigenvalue weighted by atomic mass is 10.1. The van der Waals surface area contributed by atoms with Crippen molar-refractivity contribution < 1.29 is 28.7 Å². The van der Waals surface area contributed by atoms with Crippen molar-refractivity contribution >= 4 is 63.3 Å². The molecule has 3 aromatic heterocycles. The maximum absolute atomic E-state index is 13.8. The predicted molar refractivity (Wildman–Crippen MR) is 237 cm³/mol. The smallest absolute Gasteiger partial charge is 0.276 e. The lowest BCUT2D eigenvalue weighted by molar-refractivity contribution is -0.110. The van der Waals surface area contributed by atoms with Crippen molar-refractivity contribution in [3.63, 3.8) is 0 Å². The van der Waals surface area contributed by atoms with Gasteiger partial charge in [0.1, 0.15) is 33.9 Å². The summed E-state index contributed by atoms with van der Waals surface area (Å²) in [7, 11) is 1.45. The first-order valence-corrected chi connectivity index (χ1v) is 20.4. The number of allylic oxidation sites excluding steroid dienone is 3. The summed E-state index contributed by atoms with van der Waals surface area (Å²) in [6.07, 6.45) is 5.88. The second kappa shape index (κ2) is 20.0. The Hall–Kier alpha value is -7.06. The Balaban J connectivity index is 1.39. The Morgan fingerprint density at radius 3 is 2.03 bits per heavy atom. The molecule has 62 heavy (non-hydrogen) atoms. The summed E-state index contributed by atoms with van der Waals surface area (Å²) in [4.78, 5) is 68.2. The van der Waals surface area contributed by atoms with Gasteiger partial charge in [-0.05, 0) is 70.5 Å². The Morgan fingerprint density at radius 2 is 1.47 bits per heavy atom. The third-order valence-electron chi connectivity index (χ3n) is 10.0. The van der Waals surface area contributed by atoms with Gasteiger partial charge < -0.3 is 46.0 Å². The van der Waals surface area contributed by atoms with Crippen LogP contribution in [0.1, 0.15) is 64.1 Å². The number of aryl methyl sites for hydroxylation is 2. The Bertz CT molecular complexity index is 2570. The van der Waals surface area contributed by atoms with E-state index in [-0.39, 0.29) is 41.8 Å². The van der Waals surface area contributed by atoms with Crippen LogP contribution < -0.4 is 42.6 Å². The molecule has 4 amide bonds. The molecule has 1 saturated heterocycles. The number of amides is 4. The highest BCUT2D eigenvalue weighted by atomic mass is 16.5. The highest BCUT2D eigenvalue weighted by Gasteiger charge is 2.23. The molecule has 0 spiro atoms. The molecule has 328 valence electrons. The molecular weight excluding hydrogens is 797 g/mol. The second-order valence-corrected chi connectivity index (χ2v) is 14.6. The van der Waals surface area contributed by atoms with E-state index < -0.39 is 23.6 Å². The average molecular weight is 851 g/mol. The highest BCUT2D eigenvalue weighted by molar-refractivity contribution is 6.47. The summed E-state index contributed by atoms with van der Waals surface area (Å²) >= 11 is 0. The maximum Gasteiger partial charge on any atom is 0.276 e. The first-order valence-electron chi connectivity index (χ1n) is 20.4. The molecule has 4 heterocycles. The normalized spacial score (nSPS) is 13.9. The molecule has 6 rings (SSSR count). The van der Waals surface area contributed by atoms with Crippen molar-refractivity contribution in [2.45, 2.75) is 53.8 Å². The molecule has 0 unspecified atom stereocenters. The van der Waals surface area contributed by atoms with Gasteiger partial charge in [-0.2, -0.15) is 5.10 Å². The summed E-state index contributed by atoms with van der Waals surface area (Å²) in [5.74, 6) is -1.31. The van der Waals surface area contributed by atoms with E-state index in [1.54, 1.807) is 45.9 Å². The van der Waals surface area contributed by atoms with Crippen LogP contribution in [0.25, 0.3) is 22.1 Å². The summed E-state index contributed by atoms with van der Waals surface area (Å²) in [5, 5.41) is 13.6. The van der Waals surface area contributed by atoms with Crippen molar-refractivity contribution in [1.29, 1.82) is 0 Å². The topological polar surface area (TPSA) is 270 Å². The Morgan fingerprint density at radius 1 is 0.871 bits per heavy atom. The molecule has 1 aliphatic heterocycles. The number of hydrogen-bond donors (Lipinski definition) is 6. The van der Waals surface area contributed by atoms with Crippen molar-refractivity contribution in [3.05, 3.63) is 76.8 Å². The molecule has 0 saturated carbocycles. The predicted octanol–water partition coefficient (Wildman–Crippen LogP) is 2.56.